The predicted molar refractivity (Wildman–Crippen MR) is 42.2 cm³/mol. The molecule has 0 saturated heterocycles. The fraction of sp³-hybridized carbons (Fsp3) is 0.556. The molecule has 1 atom stereocenters. The van der Waals surface area contributed by atoms with E-state index in [1.165, 1.54) is 0 Å². The molecule has 2 heteroatoms. The summed E-state index contributed by atoms with van der Waals surface area (Å²) in [6.07, 6.45) is 2.83. The number of hydrogen-bond donors (Lipinski definition) is 0. The maximum atomic E-state index is 11.0. The minimum Gasteiger partial charge on any atom is -0.299 e. The third-order valence-electron chi connectivity index (χ3n) is 2.11. The van der Waals surface area contributed by atoms with Crippen LogP contribution >= 0.6 is 0 Å². The zero-order valence-corrected chi connectivity index (χ0v) is 6.89. The minimum atomic E-state index is 0.00713. The molecule has 0 aromatic carbocycles. The number of Topliss-reactive ketones (excluding diaryl/α,β-unsaturated/α-hetero) is 1. The highest BCUT2D eigenvalue weighted by atomic mass is 16.1. The lowest BCUT2D eigenvalue weighted by Crippen LogP contribution is -2.18. The molecule has 0 aromatic heterocycles. The van der Waals surface area contributed by atoms with Crippen LogP contribution in [0.15, 0.2) is 11.6 Å². The zero-order valence-electron chi connectivity index (χ0n) is 6.89. The maximum absolute atomic E-state index is 11.0. The molecule has 0 heterocycles. The summed E-state index contributed by atoms with van der Waals surface area (Å²) in [6.45, 7) is 3.43. The van der Waals surface area contributed by atoms with E-state index < -0.39 is 0 Å². The Labute approximate surface area is 66.3 Å². The standard InChI is InChI=1S/C9H12O2/c1-6-5-8(11)3-4-9(6)7(2)10/h5,9H,3-4H2,1-2H3. The Morgan fingerprint density at radius 1 is 1.64 bits per heavy atom. The summed E-state index contributed by atoms with van der Waals surface area (Å²) in [6, 6.07) is 0. The van der Waals surface area contributed by atoms with Crippen molar-refractivity contribution in [3.05, 3.63) is 11.6 Å². The summed E-state index contributed by atoms with van der Waals surface area (Å²) in [5.41, 5.74) is 0.925. The van der Waals surface area contributed by atoms with Gasteiger partial charge in [-0.05, 0) is 26.3 Å². The number of rotatable bonds is 1. The Hall–Kier alpha value is -0.920. The second-order valence-corrected chi connectivity index (χ2v) is 3.06. The largest absolute Gasteiger partial charge is 0.299 e. The average Bonchev–Trinajstić information content (AvgIpc) is 1.85. The van der Waals surface area contributed by atoms with Gasteiger partial charge in [0.25, 0.3) is 0 Å². The van der Waals surface area contributed by atoms with E-state index in [0.29, 0.717) is 12.8 Å². The molecule has 0 saturated carbocycles. The van der Waals surface area contributed by atoms with Crippen molar-refractivity contribution in [1.82, 2.24) is 0 Å². The van der Waals surface area contributed by atoms with E-state index in [1.54, 1.807) is 13.0 Å². The van der Waals surface area contributed by atoms with Crippen molar-refractivity contribution in [3.63, 3.8) is 0 Å². The average molecular weight is 152 g/mol. The first-order valence-electron chi connectivity index (χ1n) is 3.82. The topological polar surface area (TPSA) is 34.1 Å². The number of ketones is 2. The highest BCUT2D eigenvalue weighted by Crippen LogP contribution is 2.22. The number of carbonyl (C=O) groups excluding carboxylic acids is 2. The summed E-state index contributed by atoms with van der Waals surface area (Å²) in [5, 5.41) is 0. The summed E-state index contributed by atoms with van der Waals surface area (Å²) >= 11 is 0. The van der Waals surface area contributed by atoms with Crippen LogP contribution in [-0.4, -0.2) is 11.6 Å². The molecule has 2 nitrogen and oxygen atoms in total. The Bertz CT molecular complexity index is 226. The van der Waals surface area contributed by atoms with Crippen molar-refractivity contribution in [3.8, 4) is 0 Å². The normalized spacial score (nSPS) is 24.7. The van der Waals surface area contributed by atoms with Gasteiger partial charge in [-0.15, -0.1) is 0 Å². The van der Waals surface area contributed by atoms with Gasteiger partial charge in [0.15, 0.2) is 5.78 Å². The van der Waals surface area contributed by atoms with Crippen LogP contribution in [0.2, 0.25) is 0 Å². The summed E-state index contributed by atoms with van der Waals surface area (Å²) < 4.78 is 0. The Morgan fingerprint density at radius 2 is 2.27 bits per heavy atom. The first-order valence-corrected chi connectivity index (χ1v) is 3.82. The van der Waals surface area contributed by atoms with Gasteiger partial charge in [0.1, 0.15) is 5.78 Å². The molecule has 0 fully saturated rings. The van der Waals surface area contributed by atoms with E-state index in [0.717, 1.165) is 5.57 Å². The highest BCUT2D eigenvalue weighted by Gasteiger charge is 2.21. The molecule has 0 amide bonds. The third kappa shape index (κ3) is 1.76. The lowest BCUT2D eigenvalue weighted by atomic mass is 9.86. The van der Waals surface area contributed by atoms with Gasteiger partial charge >= 0.3 is 0 Å². The van der Waals surface area contributed by atoms with Crippen molar-refractivity contribution in [2.45, 2.75) is 26.7 Å². The summed E-state index contributed by atoms with van der Waals surface area (Å²) in [7, 11) is 0. The molecule has 1 aliphatic rings. The van der Waals surface area contributed by atoms with Crippen LogP contribution in [0.1, 0.15) is 26.7 Å². The van der Waals surface area contributed by atoms with E-state index in [-0.39, 0.29) is 17.5 Å². The molecule has 11 heavy (non-hydrogen) atoms. The van der Waals surface area contributed by atoms with Crippen molar-refractivity contribution in [1.29, 1.82) is 0 Å². The lowest BCUT2D eigenvalue weighted by Gasteiger charge is -2.17. The number of carbonyl (C=O) groups is 2. The van der Waals surface area contributed by atoms with Gasteiger partial charge < -0.3 is 0 Å². The Balaban J connectivity index is 2.80. The first kappa shape index (κ1) is 8.18. The Morgan fingerprint density at radius 3 is 2.73 bits per heavy atom. The van der Waals surface area contributed by atoms with Gasteiger partial charge in [-0.3, -0.25) is 9.59 Å². The van der Waals surface area contributed by atoms with Crippen LogP contribution in [-0.2, 0) is 9.59 Å². The van der Waals surface area contributed by atoms with Gasteiger partial charge in [-0.1, -0.05) is 5.57 Å². The summed E-state index contributed by atoms with van der Waals surface area (Å²) in [5.74, 6) is 0.332. The molecule has 0 aliphatic heterocycles. The molecule has 0 bridgehead atoms. The van der Waals surface area contributed by atoms with Gasteiger partial charge in [0.05, 0.1) is 0 Å². The van der Waals surface area contributed by atoms with Crippen LogP contribution in [0.25, 0.3) is 0 Å². The highest BCUT2D eigenvalue weighted by molar-refractivity contribution is 5.94. The molecule has 1 unspecified atom stereocenters. The smallest absolute Gasteiger partial charge is 0.155 e. The van der Waals surface area contributed by atoms with Crippen LogP contribution in [0.4, 0.5) is 0 Å². The second-order valence-electron chi connectivity index (χ2n) is 3.06. The molecule has 1 rings (SSSR count). The molecule has 0 spiro atoms. The fourth-order valence-electron chi connectivity index (χ4n) is 1.46. The quantitative estimate of drug-likeness (QED) is 0.570. The SMILES string of the molecule is CC(=O)C1CCC(=O)C=C1C. The van der Waals surface area contributed by atoms with Crippen molar-refractivity contribution < 1.29 is 9.59 Å². The van der Waals surface area contributed by atoms with Crippen LogP contribution in [0, 0.1) is 5.92 Å². The van der Waals surface area contributed by atoms with Crippen molar-refractivity contribution >= 4 is 11.6 Å². The second kappa shape index (κ2) is 2.99. The molecule has 1 aliphatic carbocycles. The third-order valence-corrected chi connectivity index (χ3v) is 2.11. The van der Waals surface area contributed by atoms with Crippen LogP contribution in [0.5, 0.6) is 0 Å². The Kier molecular flexibility index (Phi) is 2.22. The lowest BCUT2D eigenvalue weighted by molar-refractivity contribution is -0.120. The monoisotopic (exact) mass is 152 g/mol. The van der Waals surface area contributed by atoms with Gasteiger partial charge in [-0.25, -0.2) is 0 Å². The molecular weight excluding hydrogens is 140 g/mol. The van der Waals surface area contributed by atoms with Crippen LogP contribution < -0.4 is 0 Å². The van der Waals surface area contributed by atoms with Crippen molar-refractivity contribution in [2.75, 3.05) is 0 Å². The molecular formula is C9H12O2. The van der Waals surface area contributed by atoms with Gasteiger partial charge in [0, 0.05) is 12.3 Å². The fourth-order valence-corrected chi connectivity index (χ4v) is 1.46. The predicted octanol–water partition coefficient (Wildman–Crippen LogP) is 1.50. The summed E-state index contributed by atoms with van der Waals surface area (Å²) in [4.78, 5) is 21.8. The molecule has 0 N–H and O–H groups in total. The van der Waals surface area contributed by atoms with Crippen LogP contribution in [0.3, 0.4) is 0 Å². The number of allylic oxidation sites excluding steroid dienone is 2. The molecule has 0 radical (unpaired) electrons. The molecule has 60 valence electrons. The van der Waals surface area contributed by atoms with Gasteiger partial charge in [-0.2, -0.15) is 0 Å². The van der Waals surface area contributed by atoms with Crippen molar-refractivity contribution in [2.24, 2.45) is 5.92 Å². The number of hydrogen-bond acceptors (Lipinski definition) is 2. The minimum absolute atomic E-state index is 0.00713. The van der Waals surface area contributed by atoms with E-state index in [1.807, 2.05) is 6.92 Å². The first-order chi connectivity index (χ1) is 5.11. The van der Waals surface area contributed by atoms with E-state index in [4.69, 9.17) is 0 Å². The zero-order chi connectivity index (χ0) is 8.43. The molecule has 0 aromatic rings. The van der Waals surface area contributed by atoms with E-state index in [2.05, 4.69) is 0 Å². The maximum Gasteiger partial charge on any atom is 0.155 e. The van der Waals surface area contributed by atoms with E-state index in [9.17, 15) is 9.59 Å². The van der Waals surface area contributed by atoms with E-state index >= 15 is 0 Å². The van der Waals surface area contributed by atoms with Gasteiger partial charge in [0.2, 0.25) is 0 Å².